The Morgan fingerprint density at radius 3 is 1.38 bits per heavy atom. The number of rotatable bonds is 14. The van der Waals surface area contributed by atoms with Crippen molar-refractivity contribution in [3.63, 3.8) is 0 Å². The van der Waals surface area contributed by atoms with Crippen LogP contribution in [0, 0.1) is 47.4 Å². The first kappa shape index (κ1) is 78.6. The first-order valence-corrected chi connectivity index (χ1v) is 36.1. The van der Waals surface area contributed by atoms with Crippen LogP contribution in [0.25, 0.3) is 28.4 Å². The number of piperazine rings is 1. The number of likely N-dealkylation sites (tertiary alicyclic amines) is 1. The van der Waals surface area contributed by atoms with Crippen LogP contribution in [-0.4, -0.2) is 153 Å². The number of amides is 3. The van der Waals surface area contributed by atoms with Gasteiger partial charge in [-0.3, -0.25) is 19.4 Å². The summed E-state index contributed by atoms with van der Waals surface area (Å²) >= 11 is 12.0. The van der Waals surface area contributed by atoms with Crippen LogP contribution < -0.4 is 10.6 Å². The molecule has 0 atom stereocenters. The number of pyridine rings is 1. The van der Waals surface area contributed by atoms with Gasteiger partial charge < -0.3 is 25.3 Å². The molecule has 19 nitrogen and oxygen atoms in total. The van der Waals surface area contributed by atoms with Crippen molar-refractivity contribution in [2.75, 3.05) is 60.4 Å². The van der Waals surface area contributed by atoms with Gasteiger partial charge in [0, 0.05) is 84.0 Å². The van der Waals surface area contributed by atoms with Crippen LogP contribution in [0.2, 0.25) is 10.0 Å². The predicted molar refractivity (Wildman–Crippen MR) is 409 cm³/mol. The van der Waals surface area contributed by atoms with Crippen LogP contribution in [-0.2, 0) is 0 Å². The summed E-state index contributed by atoms with van der Waals surface area (Å²) in [6.45, 7) is 38.5. The average Bonchev–Trinajstić information content (AvgIpc) is 1.68. The largest absolute Gasteiger partial charge is 0.354 e. The Labute approximate surface area is 612 Å². The van der Waals surface area contributed by atoms with Crippen molar-refractivity contribution in [3.8, 4) is 28.4 Å². The first-order valence-electron chi connectivity index (χ1n) is 35.3. The summed E-state index contributed by atoms with van der Waals surface area (Å²) in [6.07, 6.45) is 5.67. The van der Waals surface area contributed by atoms with Crippen LogP contribution in [0.4, 0.5) is 4.39 Å². The summed E-state index contributed by atoms with van der Waals surface area (Å²) in [5.41, 5.74) is 17.7. The summed E-state index contributed by atoms with van der Waals surface area (Å²) in [5, 5.41) is 29.7. The van der Waals surface area contributed by atoms with Crippen molar-refractivity contribution in [3.05, 3.63) is 229 Å². The molecule has 102 heavy (non-hydrogen) atoms. The van der Waals surface area contributed by atoms with Gasteiger partial charge in [0.05, 0.1) is 46.0 Å². The second-order valence-corrected chi connectivity index (χ2v) is 29.1. The number of carbonyl (C=O) groups excluding carboxylic acids is 3. The topological polar surface area (TPSA) is 187 Å². The van der Waals surface area contributed by atoms with Gasteiger partial charge in [0.25, 0.3) is 17.7 Å². The SMILES string of the molecule is CNC(=O)c1cc(C(C)C)n(-c2ccc(Cl)cc2)n1.Cc1cc(-n2nc(C(=O)NC3CCN(C)CC3)cc2C(C)C)ccc1Cl.Cc1cc(C(C)C)n(-c2ccc(F)c(C)c2)n1.Cc1cccc(-n2nc(C(=O)N3CCN(C)CC3)cc2C(C)C)c1.Cc1cncc(-n2nc(C)cc2C(C)C)c1. The first-order chi connectivity index (χ1) is 48.4. The summed E-state index contributed by atoms with van der Waals surface area (Å²) in [4.78, 5) is 47.9. The summed E-state index contributed by atoms with van der Waals surface area (Å²) in [6, 6.07) is 38.7. The zero-order chi connectivity index (χ0) is 74.4. The van der Waals surface area contributed by atoms with Crippen molar-refractivity contribution >= 4 is 40.9 Å². The monoisotopic (exact) mass is 1420 g/mol. The maximum absolute atomic E-state index is 13.2. The number of benzene rings is 4. The molecule has 12 rings (SSSR count). The Kier molecular flexibility index (Phi) is 27.5. The third-order valence-corrected chi connectivity index (χ3v) is 18.5. The molecule has 0 aliphatic carbocycles. The number of nitrogens with one attached hydrogen (secondary N) is 2. The molecule has 2 N–H and O–H groups in total. The molecule has 0 spiro atoms. The van der Waals surface area contributed by atoms with Gasteiger partial charge in [-0.05, 0) is 243 Å². The number of likely N-dealkylation sites (N-methyl/N-ethyl adjacent to an activating group) is 1. The quantitative estimate of drug-likeness (QED) is 0.105. The lowest BCUT2D eigenvalue weighted by molar-refractivity contribution is 0.0657. The number of aryl methyl sites for hydroxylation is 6. The zero-order valence-corrected chi connectivity index (χ0v) is 64.5. The van der Waals surface area contributed by atoms with Crippen LogP contribution in [0.5, 0.6) is 0 Å². The highest BCUT2D eigenvalue weighted by Gasteiger charge is 2.27. The number of hydrogen-bond acceptors (Lipinski definition) is 11. The fraction of sp³-hybridized carbons (Fsp3) is 0.412. The molecule has 0 unspecified atom stereocenters. The van der Waals surface area contributed by atoms with Crippen molar-refractivity contribution < 1.29 is 18.8 Å². The van der Waals surface area contributed by atoms with E-state index in [9.17, 15) is 18.8 Å². The van der Waals surface area contributed by atoms with E-state index in [1.54, 1.807) is 24.7 Å². The number of carbonyl (C=O) groups is 3. The molecule has 10 aromatic rings. The predicted octanol–water partition coefficient (Wildman–Crippen LogP) is 16.2. The molecule has 2 saturated heterocycles. The number of piperidine rings is 1. The lowest BCUT2D eigenvalue weighted by atomic mass is 10.1. The van der Waals surface area contributed by atoms with Crippen LogP contribution >= 0.6 is 23.2 Å². The molecule has 2 fully saturated rings. The molecule has 0 bridgehead atoms. The van der Waals surface area contributed by atoms with E-state index in [0.29, 0.717) is 45.4 Å². The van der Waals surface area contributed by atoms with E-state index >= 15 is 0 Å². The minimum atomic E-state index is -0.186. The van der Waals surface area contributed by atoms with E-state index in [2.05, 4.69) is 171 Å². The minimum absolute atomic E-state index is 0.0383. The Morgan fingerprint density at radius 1 is 0.451 bits per heavy atom. The summed E-state index contributed by atoms with van der Waals surface area (Å²) < 4.78 is 22.7. The van der Waals surface area contributed by atoms with Crippen LogP contribution in [0.3, 0.4) is 0 Å². The lowest BCUT2D eigenvalue weighted by Crippen LogP contribution is -2.47. The number of aromatic nitrogens is 11. The van der Waals surface area contributed by atoms with Crippen LogP contribution in [0.15, 0.2) is 134 Å². The molecule has 4 aromatic carbocycles. The second-order valence-electron chi connectivity index (χ2n) is 28.2. The number of halogens is 3. The van der Waals surface area contributed by atoms with Crippen LogP contribution in [0.1, 0.15) is 205 Å². The third kappa shape index (κ3) is 20.6. The molecule has 0 saturated carbocycles. The Balaban J connectivity index is 0.000000164. The highest BCUT2D eigenvalue weighted by atomic mass is 35.5. The molecular weight excluding hydrogens is 1320 g/mol. The highest BCUT2D eigenvalue weighted by molar-refractivity contribution is 6.31. The molecule has 2 aliphatic rings. The zero-order valence-electron chi connectivity index (χ0n) is 62.9. The Hall–Kier alpha value is -9.08. The van der Waals surface area contributed by atoms with Gasteiger partial charge in [0.1, 0.15) is 5.82 Å². The molecule has 22 heteroatoms. The fourth-order valence-electron chi connectivity index (χ4n) is 11.9. The smallest absolute Gasteiger partial charge is 0.274 e. The molecule has 2 aliphatic heterocycles. The van der Waals surface area contributed by atoms with E-state index < -0.39 is 0 Å². The molecule has 6 aromatic heterocycles. The maximum atomic E-state index is 13.2. The molecular formula is C80H103Cl2FN16O3. The van der Waals surface area contributed by atoms with Crippen molar-refractivity contribution in [2.24, 2.45) is 0 Å². The Morgan fingerprint density at radius 2 is 0.882 bits per heavy atom. The van der Waals surface area contributed by atoms with E-state index in [-0.39, 0.29) is 41.4 Å². The van der Waals surface area contributed by atoms with E-state index in [0.717, 1.165) is 131 Å². The van der Waals surface area contributed by atoms with Gasteiger partial charge in [-0.15, -0.1) is 0 Å². The molecule has 8 heterocycles. The van der Waals surface area contributed by atoms with Gasteiger partial charge >= 0.3 is 0 Å². The van der Waals surface area contributed by atoms with Gasteiger partial charge in [0.2, 0.25) is 0 Å². The van der Waals surface area contributed by atoms with Crippen molar-refractivity contribution in [1.82, 2.24) is 79.2 Å². The van der Waals surface area contributed by atoms with E-state index in [1.165, 1.54) is 17.3 Å². The third-order valence-electron chi connectivity index (χ3n) is 17.8. The molecule has 542 valence electrons. The van der Waals surface area contributed by atoms with E-state index in [1.807, 2.05) is 143 Å². The van der Waals surface area contributed by atoms with E-state index in [4.69, 9.17) is 23.2 Å². The normalized spacial score (nSPS) is 13.5. The molecule has 3 amide bonds. The number of hydrogen-bond donors (Lipinski definition) is 2. The standard InChI is InChI=1S/C20H27ClN4O.C19H26N4O.C14H16ClN3O.C14H17FN2.C13H17N3/c1-13(2)19-12-18(20(26)22-15-7-9-24(4)10-8-15)23-25(19)16-5-6-17(21)14(3)11-16;1-14(2)18-13-17(19(24)22-10-8-21(4)9-11-22)20-23(18)16-7-5-6-15(3)12-16;1-9(2)13-8-12(14(19)16-3)17-18(13)11-6-4-10(15)5-7-11;1-9(2)14-8-11(4)16-17(14)12-5-6-13(15)10(3)7-12;1-9(2)13-6-11(4)15-16(13)12-5-10(3)7-14-8-12/h5-6,11-13,15H,7-10H2,1-4H3,(H,22,26);5-7,12-14H,8-11H2,1-4H3;4-9H,1-3H3,(H,16,19);5-9H,1-4H3;5-9H,1-4H3. The summed E-state index contributed by atoms with van der Waals surface area (Å²) in [5.74, 6) is 1.25. The summed E-state index contributed by atoms with van der Waals surface area (Å²) in [7, 11) is 5.80. The number of nitrogens with zero attached hydrogens (tertiary/aromatic N) is 14. The van der Waals surface area contributed by atoms with Gasteiger partial charge in [-0.2, -0.15) is 25.5 Å². The van der Waals surface area contributed by atoms with Crippen molar-refractivity contribution in [1.29, 1.82) is 0 Å². The second kappa shape index (κ2) is 35.7. The average molecular weight is 1430 g/mol. The van der Waals surface area contributed by atoms with Gasteiger partial charge in [-0.1, -0.05) is 105 Å². The van der Waals surface area contributed by atoms with Gasteiger partial charge in [0.15, 0.2) is 17.1 Å². The Bertz CT molecular complexity index is 4450. The maximum Gasteiger partial charge on any atom is 0.274 e. The minimum Gasteiger partial charge on any atom is -0.354 e. The van der Waals surface area contributed by atoms with Gasteiger partial charge in [-0.25, -0.2) is 27.8 Å². The van der Waals surface area contributed by atoms with Crippen molar-refractivity contribution in [2.45, 2.75) is 159 Å². The highest BCUT2D eigenvalue weighted by Crippen LogP contribution is 2.28. The fourth-order valence-corrected chi connectivity index (χ4v) is 12.1. The molecule has 0 radical (unpaired) electrons. The lowest BCUT2D eigenvalue weighted by Gasteiger charge is -2.31.